The zero-order chi connectivity index (χ0) is 20.1. The Hall–Kier alpha value is -2.82. The molecule has 0 radical (unpaired) electrons. The Bertz CT molecular complexity index is 900. The summed E-state index contributed by atoms with van der Waals surface area (Å²) in [7, 11) is -4.03. The Morgan fingerprint density at radius 3 is 2.41 bits per heavy atom. The van der Waals surface area contributed by atoms with Crippen molar-refractivity contribution in [2.45, 2.75) is 18.0 Å². The van der Waals surface area contributed by atoms with E-state index in [1.165, 1.54) is 24.4 Å². The third-order valence-electron chi connectivity index (χ3n) is 3.43. The Morgan fingerprint density at radius 1 is 1.11 bits per heavy atom. The highest BCUT2D eigenvalue weighted by atomic mass is 32.2. The van der Waals surface area contributed by atoms with Crippen LogP contribution in [0.1, 0.15) is 11.1 Å². The van der Waals surface area contributed by atoms with Crippen LogP contribution in [0.15, 0.2) is 47.5 Å². The van der Waals surface area contributed by atoms with Crippen molar-refractivity contribution in [3.63, 3.8) is 0 Å². The Kier molecular flexibility index (Phi) is 6.26. The van der Waals surface area contributed by atoms with Crippen LogP contribution in [0.2, 0.25) is 0 Å². The van der Waals surface area contributed by atoms with Gasteiger partial charge in [-0.15, -0.1) is 0 Å². The molecule has 2 rings (SSSR count). The normalized spacial score (nSPS) is 11.7. The topological polar surface area (TPSA) is 101 Å². The second kappa shape index (κ2) is 8.25. The van der Waals surface area contributed by atoms with Gasteiger partial charge in [0, 0.05) is 0 Å². The van der Waals surface area contributed by atoms with Crippen molar-refractivity contribution in [1.82, 2.24) is 10.0 Å². The largest absolute Gasteiger partial charge is 0.424 e. The van der Waals surface area contributed by atoms with Crippen molar-refractivity contribution in [2.24, 2.45) is 0 Å². The van der Waals surface area contributed by atoms with E-state index in [4.69, 9.17) is 0 Å². The van der Waals surface area contributed by atoms with Gasteiger partial charge in [0.05, 0.1) is 17.6 Å². The van der Waals surface area contributed by atoms with Crippen LogP contribution in [0.5, 0.6) is 0 Å². The summed E-state index contributed by atoms with van der Waals surface area (Å²) in [5.74, 6) is -0.250. The third-order valence-corrected chi connectivity index (χ3v) is 4.78. The molecule has 0 atom stereocenters. The highest BCUT2D eigenvalue weighted by Gasteiger charge is 2.36. The molecule has 2 amide bonds. The van der Waals surface area contributed by atoms with Crippen molar-refractivity contribution >= 4 is 21.9 Å². The van der Waals surface area contributed by atoms with Crippen molar-refractivity contribution in [1.29, 1.82) is 0 Å². The van der Waals surface area contributed by atoms with Crippen LogP contribution in [-0.4, -0.2) is 27.5 Å². The van der Waals surface area contributed by atoms with E-state index in [0.717, 1.165) is 11.6 Å². The number of sulfonamides is 1. The minimum absolute atomic E-state index is 0.0540. The Morgan fingerprint density at radius 2 is 1.78 bits per heavy atom. The molecule has 0 aliphatic carbocycles. The van der Waals surface area contributed by atoms with E-state index >= 15 is 0 Å². The molecular formula is C16H18F3N4O3S+. The summed E-state index contributed by atoms with van der Waals surface area (Å²) >= 11 is 0. The first kappa shape index (κ1) is 20.5. The molecule has 1 aromatic heterocycles. The van der Waals surface area contributed by atoms with Crippen LogP contribution in [0.4, 0.5) is 23.8 Å². The molecular weight excluding hydrogens is 385 g/mol. The highest BCUT2D eigenvalue weighted by molar-refractivity contribution is 7.90. The van der Waals surface area contributed by atoms with Crippen molar-refractivity contribution in [2.75, 3.05) is 18.4 Å². The van der Waals surface area contributed by atoms with E-state index in [-0.39, 0.29) is 23.8 Å². The van der Waals surface area contributed by atoms with Gasteiger partial charge in [0.1, 0.15) is 12.1 Å². The van der Waals surface area contributed by atoms with Gasteiger partial charge in [-0.25, -0.2) is 22.9 Å². The fourth-order valence-corrected chi connectivity index (χ4v) is 3.05. The van der Waals surface area contributed by atoms with Gasteiger partial charge < -0.3 is 5.32 Å². The summed E-state index contributed by atoms with van der Waals surface area (Å²) in [5.41, 5.74) is -0.0168. The van der Waals surface area contributed by atoms with Crippen molar-refractivity contribution in [3.05, 3.63) is 53.7 Å². The Balaban J connectivity index is 1.86. The molecule has 0 aliphatic heterocycles. The van der Waals surface area contributed by atoms with E-state index in [0.29, 0.717) is 0 Å². The molecule has 1 heterocycles. The fourth-order valence-electron chi connectivity index (χ4n) is 2.12. The second-order valence-corrected chi connectivity index (χ2v) is 7.24. The molecule has 11 heteroatoms. The van der Waals surface area contributed by atoms with E-state index in [1.54, 1.807) is 19.1 Å². The van der Waals surface area contributed by atoms with Gasteiger partial charge in [-0.05, 0) is 31.2 Å². The van der Waals surface area contributed by atoms with Gasteiger partial charge >= 0.3 is 12.2 Å². The first-order valence-electron chi connectivity index (χ1n) is 7.79. The predicted octanol–water partition coefficient (Wildman–Crippen LogP) is 1.93. The van der Waals surface area contributed by atoms with Gasteiger partial charge in [0.25, 0.3) is 15.8 Å². The van der Waals surface area contributed by atoms with Crippen molar-refractivity contribution < 1.29 is 31.4 Å². The summed E-state index contributed by atoms with van der Waals surface area (Å²) in [6.07, 6.45) is -3.21. The number of carbonyl (C=O) groups excluding carboxylic acids is 1. The second-order valence-electron chi connectivity index (χ2n) is 5.56. The lowest BCUT2D eigenvalue weighted by Crippen LogP contribution is -2.41. The number of urea groups is 1. The number of H-pyrrole nitrogens is 1. The highest BCUT2D eigenvalue weighted by Crippen LogP contribution is 2.32. The maximum absolute atomic E-state index is 12.9. The number of pyridine rings is 1. The lowest BCUT2D eigenvalue weighted by Gasteiger charge is -2.10. The van der Waals surface area contributed by atoms with Gasteiger partial charge in [-0.1, -0.05) is 17.7 Å². The summed E-state index contributed by atoms with van der Waals surface area (Å²) in [4.78, 5) is 14.1. The zero-order valence-corrected chi connectivity index (χ0v) is 15.0. The maximum Gasteiger partial charge on any atom is 0.424 e. The lowest BCUT2D eigenvalue weighted by molar-refractivity contribution is -0.364. The van der Waals surface area contributed by atoms with Crippen LogP contribution in [-0.2, 0) is 16.2 Å². The van der Waals surface area contributed by atoms with E-state index in [1.807, 2.05) is 4.72 Å². The number of nitrogens with one attached hydrogen (secondary N) is 4. The minimum Gasteiger partial charge on any atom is -0.333 e. The molecule has 27 heavy (non-hydrogen) atoms. The third kappa shape index (κ3) is 5.84. The van der Waals surface area contributed by atoms with Crippen LogP contribution in [0, 0.1) is 6.92 Å². The van der Waals surface area contributed by atoms with Crippen LogP contribution >= 0.6 is 0 Å². The van der Waals surface area contributed by atoms with E-state index < -0.39 is 27.8 Å². The number of amides is 2. The van der Waals surface area contributed by atoms with Gasteiger partial charge in [0.15, 0.2) is 0 Å². The molecule has 0 spiro atoms. The fraction of sp³-hybridized carbons (Fsp3) is 0.250. The first-order valence-corrected chi connectivity index (χ1v) is 9.27. The summed E-state index contributed by atoms with van der Waals surface area (Å²) in [5, 5.41) is 4.77. The molecule has 0 aliphatic rings. The minimum atomic E-state index is -4.53. The number of anilines is 1. The van der Waals surface area contributed by atoms with Crippen LogP contribution < -0.4 is 20.3 Å². The average Bonchev–Trinajstić information content (AvgIpc) is 2.58. The number of hydrogen-bond acceptors (Lipinski definition) is 4. The quantitative estimate of drug-likeness (QED) is 0.642. The summed E-state index contributed by atoms with van der Waals surface area (Å²) < 4.78 is 64.5. The average molecular weight is 403 g/mol. The lowest BCUT2D eigenvalue weighted by atomic mass is 10.2. The summed E-state index contributed by atoms with van der Waals surface area (Å²) in [6, 6.07) is 7.04. The van der Waals surface area contributed by atoms with Gasteiger partial charge in [0.2, 0.25) is 0 Å². The summed E-state index contributed by atoms with van der Waals surface area (Å²) in [6.45, 7) is 1.63. The molecule has 0 bridgehead atoms. The van der Waals surface area contributed by atoms with Gasteiger partial charge in [-0.3, -0.25) is 5.32 Å². The number of aromatic nitrogens is 1. The molecule has 0 fully saturated rings. The standard InChI is InChI=1S/C16H17F3N4O3S/c1-11-4-6-12(7-5-11)27(25,26)23-15(24)22-10-9-21-14-13(16(17,18)19)3-2-8-20-14/h2-8H,9-10H2,1H3,(H,20,21)(H2,22,23,24)/p+1. The van der Waals surface area contributed by atoms with E-state index in [9.17, 15) is 26.4 Å². The SMILES string of the molecule is Cc1ccc(S(=O)(=O)NC(=O)NCCNc2[nH+]cccc2C(F)(F)F)cc1. The molecule has 1 aromatic carbocycles. The predicted molar refractivity (Wildman–Crippen MR) is 91.4 cm³/mol. The van der Waals surface area contributed by atoms with Crippen LogP contribution in [0.25, 0.3) is 0 Å². The molecule has 2 aromatic rings. The first-order chi connectivity index (χ1) is 12.6. The van der Waals surface area contributed by atoms with Crippen molar-refractivity contribution in [3.8, 4) is 0 Å². The Labute approximate surface area is 154 Å². The molecule has 7 nitrogen and oxygen atoms in total. The van der Waals surface area contributed by atoms with Crippen LogP contribution in [0.3, 0.4) is 0 Å². The van der Waals surface area contributed by atoms with Gasteiger partial charge in [-0.2, -0.15) is 13.2 Å². The number of alkyl halides is 3. The number of benzene rings is 1. The monoisotopic (exact) mass is 403 g/mol. The number of hydrogen-bond donors (Lipinski definition) is 3. The number of aryl methyl sites for hydroxylation is 1. The smallest absolute Gasteiger partial charge is 0.333 e. The molecule has 146 valence electrons. The number of halogens is 3. The van der Waals surface area contributed by atoms with E-state index in [2.05, 4.69) is 15.6 Å². The maximum atomic E-state index is 12.9. The molecule has 0 saturated heterocycles. The number of carbonyl (C=O) groups is 1. The zero-order valence-electron chi connectivity index (χ0n) is 14.2. The molecule has 0 unspecified atom stereocenters. The molecule has 4 N–H and O–H groups in total. The number of rotatable bonds is 6. The number of aromatic amines is 1. The molecule has 0 saturated carbocycles.